The maximum Gasteiger partial charge on any atom is 0.305 e. The Labute approximate surface area is 95.5 Å². The molecule has 0 aromatic carbocycles. The van der Waals surface area contributed by atoms with Gasteiger partial charge in [0.15, 0.2) is 0 Å². The van der Waals surface area contributed by atoms with Crippen LogP contribution in [-0.4, -0.2) is 36.2 Å². The Hall–Kier alpha value is -1.36. The number of carbonyl (C=O) groups excluding carboxylic acids is 1. The van der Waals surface area contributed by atoms with E-state index < -0.39 is 5.97 Å². The summed E-state index contributed by atoms with van der Waals surface area (Å²) >= 11 is 0. The molecule has 0 rings (SSSR count). The summed E-state index contributed by atoms with van der Waals surface area (Å²) in [6, 6.07) is -0.334. The van der Waals surface area contributed by atoms with Crippen LogP contribution in [0.4, 0.5) is 0 Å². The van der Waals surface area contributed by atoms with Gasteiger partial charge in [0, 0.05) is 19.1 Å². The fraction of sp³-hybridized carbons (Fsp3) is 0.636. The van der Waals surface area contributed by atoms with Gasteiger partial charge >= 0.3 is 5.97 Å². The molecular weight excluding hydrogens is 210 g/mol. The lowest BCUT2D eigenvalue weighted by atomic mass is 10.2. The minimum absolute atomic E-state index is 0.0568. The molecule has 0 saturated heterocycles. The lowest BCUT2D eigenvalue weighted by Crippen LogP contribution is -2.34. The monoisotopic (exact) mass is 229 g/mol. The third kappa shape index (κ3) is 9.21. The normalized spacial score (nSPS) is 11.8. The average molecular weight is 229 g/mol. The van der Waals surface area contributed by atoms with Crippen molar-refractivity contribution in [3.63, 3.8) is 0 Å². The summed E-state index contributed by atoms with van der Waals surface area (Å²) in [6.07, 6.45) is 2.56. The number of rotatable bonds is 9. The van der Waals surface area contributed by atoms with E-state index in [1.54, 1.807) is 13.0 Å². The molecule has 1 atom stereocenters. The van der Waals surface area contributed by atoms with Gasteiger partial charge in [0.1, 0.15) is 0 Å². The first-order chi connectivity index (χ1) is 7.56. The number of hydrogen-bond acceptors (Lipinski definition) is 3. The van der Waals surface area contributed by atoms with Gasteiger partial charge < -0.3 is 15.2 Å². The van der Waals surface area contributed by atoms with E-state index in [2.05, 4.69) is 11.9 Å². The molecule has 16 heavy (non-hydrogen) atoms. The number of carbonyl (C=O) groups is 2. The van der Waals surface area contributed by atoms with Crippen LogP contribution in [0.1, 0.15) is 26.2 Å². The average Bonchev–Trinajstić information content (AvgIpc) is 2.15. The molecule has 1 unspecified atom stereocenters. The van der Waals surface area contributed by atoms with Gasteiger partial charge in [-0.25, -0.2) is 0 Å². The Morgan fingerprint density at radius 2 is 2.25 bits per heavy atom. The van der Waals surface area contributed by atoms with Crippen LogP contribution >= 0.6 is 0 Å². The van der Waals surface area contributed by atoms with Crippen molar-refractivity contribution in [3.8, 4) is 0 Å². The summed E-state index contributed by atoms with van der Waals surface area (Å²) in [5, 5.41) is 11.1. The van der Waals surface area contributed by atoms with Crippen LogP contribution in [0.2, 0.25) is 0 Å². The molecule has 0 aliphatic carbocycles. The van der Waals surface area contributed by atoms with Crippen LogP contribution in [0.15, 0.2) is 12.7 Å². The summed E-state index contributed by atoms with van der Waals surface area (Å²) in [5.41, 5.74) is 0. The zero-order valence-corrected chi connectivity index (χ0v) is 9.57. The SMILES string of the molecule is C=CCOCCCC(=O)NC(C)CC(=O)O. The fourth-order valence-corrected chi connectivity index (χ4v) is 1.16. The lowest BCUT2D eigenvalue weighted by molar-refractivity contribution is -0.137. The first-order valence-corrected chi connectivity index (χ1v) is 5.26. The van der Waals surface area contributed by atoms with Gasteiger partial charge in [-0.05, 0) is 13.3 Å². The quantitative estimate of drug-likeness (QED) is 0.456. The molecule has 0 saturated carbocycles. The molecule has 92 valence electrons. The van der Waals surface area contributed by atoms with Crippen molar-refractivity contribution in [1.29, 1.82) is 0 Å². The van der Waals surface area contributed by atoms with Crippen LogP contribution in [0.3, 0.4) is 0 Å². The highest BCUT2D eigenvalue weighted by atomic mass is 16.5. The van der Waals surface area contributed by atoms with Crippen molar-refractivity contribution in [2.45, 2.75) is 32.2 Å². The number of carboxylic acids is 1. The minimum Gasteiger partial charge on any atom is -0.481 e. The van der Waals surface area contributed by atoms with Gasteiger partial charge in [-0.1, -0.05) is 6.08 Å². The van der Waals surface area contributed by atoms with Crippen LogP contribution in [0, 0.1) is 0 Å². The van der Waals surface area contributed by atoms with Crippen LogP contribution in [0.25, 0.3) is 0 Å². The van der Waals surface area contributed by atoms with Gasteiger partial charge in [-0.3, -0.25) is 9.59 Å². The fourth-order valence-electron chi connectivity index (χ4n) is 1.16. The zero-order valence-electron chi connectivity index (χ0n) is 9.57. The number of carboxylic acid groups (broad SMARTS) is 1. The molecule has 0 heterocycles. The second-order valence-electron chi connectivity index (χ2n) is 3.53. The predicted octanol–water partition coefficient (Wildman–Crippen LogP) is 0.949. The van der Waals surface area contributed by atoms with E-state index in [1.807, 2.05) is 0 Å². The highest BCUT2D eigenvalue weighted by Crippen LogP contribution is 1.95. The van der Waals surface area contributed by atoms with Crippen LogP contribution in [-0.2, 0) is 14.3 Å². The van der Waals surface area contributed by atoms with Crippen molar-refractivity contribution >= 4 is 11.9 Å². The van der Waals surface area contributed by atoms with E-state index in [4.69, 9.17) is 9.84 Å². The van der Waals surface area contributed by atoms with Crippen molar-refractivity contribution in [2.75, 3.05) is 13.2 Å². The van der Waals surface area contributed by atoms with E-state index in [9.17, 15) is 9.59 Å². The standard InChI is InChI=1S/C11H19NO4/c1-3-6-16-7-4-5-10(13)12-9(2)8-11(14)15/h3,9H,1,4-8H2,2H3,(H,12,13)(H,14,15). The third-order valence-corrected chi connectivity index (χ3v) is 1.82. The summed E-state index contributed by atoms with van der Waals surface area (Å²) in [4.78, 5) is 21.6. The summed E-state index contributed by atoms with van der Waals surface area (Å²) in [7, 11) is 0. The molecule has 0 bridgehead atoms. The first kappa shape index (κ1) is 14.6. The van der Waals surface area contributed by atoms with E-state index in [0.717, 1.165) is 0 Å². The van der Waals surface area contributed by atoms with Crippen molar-refractivity contribution in [3.05, 3.63) is 12.7 Å². The molecule has 2 N–H and O–H groups in total. The molecule has 1 amide bonds. The number of amides is 1. The Morgan fingerprint density at radius 3 is 2.81 bits per heavy atom. The van der Waals surface area contributed by atoms with Gasteiger partial charge in [-0.15, -0.1) is 6.58 Å². The second-order valence-corrected chi connectivity index (χ2v) is 3.53. The number of hydrogen-bond donors (Lipinski definition) is 2. The van der Waals surface area contributed by atoms with Crippen molar-refractivity contribution in [1.82, 2.24) is 5.32 Å². The largest absolute Gasteiger partial charge is 0.481 e. The Kier molecular flexibility index (Phi) is 8.15. The molecule has 5 nitrogen and oxygen atoms in total. The first-order valence-electron chi connectivity index (χ1n) is 5.26. The van der Waals surface area contributed by atoms with Gasteiger partial charge in [0.05, 0.1) is 13.0 Å². The summed E-state index contributed by atoms with van der Waals surface area (Å²) < 4.78 is 5.11. The molecule has 0 aliphatic rings. The molecular formula is C11H19NO4. The van der Waals surface area contributed by atoms with E-state index in [-0.39, 0.29) is 18.4 Å². The highest BCUT2D eigenvalue weighted by molar-refractivity contribution is 5.77. The Morgan fingerprint density at radius 1 is 1.56 bits per heavy atom. The maximum absolute atomic E-state index is 11.3. The predicted molar refractivity (Wildman–Crippen MR) is 60.1 cm³/mol. The van der Waals surface area contributed by atoms with E-state index in [0.29, 0.717) is 26.1 Å². The van der Waals surface area contributed by atoms with Gasteiger partial charge in [-0.2, -0.15) is 0 Å². The third-order valence-electron chi connectivity index (χ3n) is 1.82. The highest BCUT2D eigenvalue weighted by Gasteiger charge is 2.10. The van der Waals surface area contributed by atoms with Crippen LogP contribution < -0.4 is 5.32 Å². The second kappa shape index (κ2) is 8.91. The molecule has 0 fully saturated rings. The van der Waals surface area contributed by atoms with E-state index >= 15 is 0 Å². The zero-order chi connectivity index (χ0) is 12.4. The molecule has 0 aromatic heterocycles. The Bertz CT molecular complexity index is 240. The Balaban J connectivity index is 3.50. The smallest absolute Gasteiger partial charge is 0.305 e. The number of aliphatic carboxylic acids is 1. The minimum atomic E-state index is -0.915. The lowest BCUT2D eigenvalue weighted by Gasteiger charge is -2.11. The summed E-state index contributed by atoms with van der Waals surface area (Å²) in [5.74, 6) is -1.06. The number of nitrogens with one attached hydrogen (secondary N) is 1. The van der Waals surface area contributed by atoms with Crippen molar-refractivity contribution < 1.29 is 19.4 Å². The molecule has 0 radical (unpaired) electrons. The van der Waals surface area contributed by atoms with Gasteiger partial charge in [0.2, 0.25) is 5.91 Å². The molecule has 0 aliphatic heterocycles. The summed E-state index contributed by atoms with van der Waals surface area (Å²) in [6.45, 7) is 6.16. The number of ether oxygens (including phenoxy) is 1. The van der Waals surface area contributed by atoms with Gasteiger partial charge in [0.25, 0.3) is 0 Å². The molecule has 0 spiro atoms. The van der Waals surface area contributed by atoms with Crippen LogP contribution in [0.5, 0.6) is 0 Å². The van der Waals surface area contributed by atoms with Crippen molar-refractivity contribution in [2.24, 2.45) is 0 Å². The van der Waals surface area contributed by atoms with E-state index in [1.165, 1.54) is 0 Å². The maximum atomic E-state index is 11.3. The molecule has 5 heteroatoms. The topological polar surface area (TPSA) is 75.6 Å². The molecule has 0 aromatic rings.